The van der Waals surface area contributed by atoms with Crippen LogP contribution in [0.25, 0.3) is 189 Å². The van der Waals surface area contributed by atoms with Crippen molar-refractivity contribution in [3.63, 3.8) is 0 Å². The van der Waals surface area contributed by atoms with Crippen molar-refractivity contribution < 1.29 is 0 Å². The summed E-state index contributed by atoms with van der Waals surface area (Å²) in [7, 11) is 0. The van der Waals surface area contributed by atoms with Crippen LogP contribution < -0.4 is 0 Å². The van der Waals surface area contributed by atoms with Gasteiger partial charge in [-0.15, -0.1) is 0 Å². The maximum Gasteiger partial charge on any atom is 0.238 e. The molecule has 10 nitrogen and oxygen atoms in total. The number of para-hydroxylation sites is 6. The number of hydrogen-bond acceptors (Lipinski definition) is 6. The molecule has 106 heavy (non-hydrogen) atoms. The molecule has 0 amide bonds. The van der Waals surface area contributed by atoms with Gasteiger partial charge in [0.25, 0.3) is 0 Å². The number of hydrogen-bond donors (Lipinski definition) is 0. The van der Waals surface area contributed by atoms with Crippen molar-refractivity contribution in [2.45, 2.75) is 0 Å². The van der Waals surface area contributed by atoms with E-state index in [1.165, 1.54) is 71.1 Å². The fraction of sp³-hybridized carbons (Fsp3) is 0. The Morgan fingerprint density at radius 2 is 0.377 bits per heavy atom. The summed E-state index contributed by atoms with van der Waals surface area (Å²) in [6.45, 7) is 0. The smallest absolute Gasteiger partial charge is 0.238 e. The van der Waals surface area contributed by atoms with Gasteiger partial charge in [-0.1, -0.05) is 267 Å². The zero-order valence-corrected chi connectivity index (χ0v) is 57.3. The molecular formula is C96H62N10. The van der Waals surface area contributed by atoms with Gasteiger partial charge in [0.05, 0.1) is 44.1 Å². The van der Waals surface area contributed by atoms with E-state index in [-0.39, 0.29) is 0 Å². The summed E-state index contributed by atoms with van der Waals surface area (Å²) >= 11 is 0. The van der Waals surface area contributed by atoms with Gasteiger partial charge in [0.1, 0.15) is 0 Å². The molecule has 10 heteroatoms. The van der Waals surface area contributed by atoms with E-state index in [4.69, 9.17) is 29.9 Å². The van der Waals surface area contributed by atoms with Crippen LogP contribution in [0.2, 0.25) is 0 Å². The molecule has 15 aromatic carbocycles. The van der Waals surface area contributed by atoms with Crippen molar-refractivity contribution in [1.29, 1.82) is 0 Å². The minimum atomic E-state index is 0.590. The molecule has 496 valence electrons. The number of nitrogens with zero attached hydrogens (tertiary/aromatic N) is 10. The largest absolute Gasteiger partial charge is 0.309 e. The van der Waals surface area contributed by atoms with Crippen LogP contribution in [-0.2, 0) is 0 Å². The van der Waals surface area contributed by atoms with Gasteiger partial charge in [-0.2, -0.15) is 9.97 Å². The maximum absolute atomic E-state index is 5.08. The highest BCUT2D eigenvalue weighted by atomic mass is 15.2. The van der Waals surface area contributed by atoms with Crippen LogP contribution in [0.3, 0.4) is 0 Å². The molecule has 0 aliphatic rings. The maximum atomic E-state index is 5.08. The van der Waals surface area contributed by atoms with Crippen LogP contribution in [0.1, 0.15) is 0 Å². The second kappa shape index (κ2) is 25.8. The lowest BCUT2D eigenvalue weighted by Crippen LogP contribution is -2.06. The lowest BCUT2D eigenvalue weighted by atomic mass is 10.0. The van der Waals surface area contributed by atoms with Crippen molar-refractivity contribution in [3.05, 3.63) is 376 Å². The standard InChI is InChI=1S/C51H33N5.C45H29N5/c1-4-15-34(16-5-1)49-52-50(35-17-6-2-7-18-35)54-51(53-49)38-19-14-22-40(31-38)56-46-26-13-11-24-42(46)44-33-37(28-30-48(44)56)36-27-29-47-43(32-36)41-23-10-12-25-45(41)55(47)39-20-8-3-9-21-39;1-4-14-30(15-5-1)43-46-44(31-16-6-2-7-17-31)48-45(47-43)50-40-23-13-11-21-36(40)38-29-33(25-27-42(38)50)32-24-26-41-37(28-32)35-20-10-12-22-39(35)49(41)34-18-8-3-9-19-34/h1-33H;1-29H. The van der Waals surface area contributed by atoms with E-state index in [0.29, 0.717) is 35.1 Å². The molecule has 21 rings (SSSR count). The number of aromatic nitrogens is 10. The molecule has 6 heterocycles. The number of rotatable bonds is 11. The van der Waals surface area contributed by atoms with Gasteiger partial charge in [-0.25, -0.2) is 19.9 Å². The Bertz CT molecular complexity index is 6810. The Morgan fingerprint density at radius 1 is 0.142 bits per heavy atom. The fourth-order valence-corrected chi connectivity index (χ4v) is 15.4. The van der Waals surface area contributed by atoms with Gasteiger partial charge < -0.3 is 13.7 Å². The molecule has 6 aromatic heterocycles. The molecule has 21 aromatic rings. The Labute approximate surface area is 610 Å². The summed E-state index contributed by atoms with van der Waals surface area (Å²) in [6, 6.07) is 132. The molecule has 0 radical (unpaired) electrons. The average Bonchev–Trinajstić information content (AvgIpc) is 1.59. The molecule has 0 saturated carbocycles. The van der Waals surface area contributed by atoms with Gasteiger partial charge in [0.15, 0.2) is 29.1 Å². The third-order valence-electron chi connectivity index (χ3n) is 20.3. The lowest BCUT2D eigenvalue weighted by Gasteiger charge is -2.12. The van der Waals surface area contributed by atoms with Crippen LogP contribution in [-0.4, -0.2) is 48.2 Å². The van der Waals surface area contributed by atoms with Crippen LogP contribution >= 0.6 is 0 Å². The number of benzene rings is 15. The van der Waals surface area contributed by atoms with Crippen LogP contribution in [0.4, 0.5) is 0 Å². The second-order valence-corrected chi connectivity index (χ2v) is 26.6. The van der Waals surface area contributed by atoms with Crippen molar-refractivity contribution >= 4 is 87.2 Å². The van der Waals surface area contributed by atoms with Crippen molar-refractivity contribution in [3.8, 4) is 102 Å². The zero-order chi connectivity index (χ0) is 70.0. The van der Waals surface area contributed by atoms with E-state index in [1.54, 1.807) is 0 Å². The van der Waals surface area contributed by atoms with Crippen LogP contribution in [0.5, 0.6) is 0 Å². The molecule has 0 fully saturated rings. The minimum Gasteiger partial charge on any atom is -0.309 e. The Morgan fingerprint density at radius 3 is 0.717 bits per heavy atom. The SMILES string of the molecule is c1ccc(-c2nc(-c3ccccc3)nc(-c3cccc(-n4c5ccccc5c5cc(-c6ccc7c(c6)c6ccccc6n7-c6ccccc6)ccc54)c3)n2)cc1.c1ccc(-c2nc(-c3ccccc3)nc(-n3c4ccccc4c4cc(-c5ccc6c(c5)c5ccccc5n6-c5ccccc5)ccc43)n2)cc1. The molecule has 0 atom stereocenters. The van der Waals surface area contributed by atoms with E-state index in [0.717, 1.165) is 83.3 Å². The van der Waals surface area contributed by atoms with Crippen molar-refractivity contribution in [2.24, 2.45) is 0 Å². The molecular weight excluding hydrogens is 1290 g/mol. The Kier molecular flexibility index (Phi) is 15.0. The third kappa shape index (κ3) is 10.7. The predicted octanol–water partition coefficient (Wildman–Crippen LogP) is 23.8. The quantitative estimate of drug-likeness (QED) is 0.128. The Balaban J connectivity index is 0.000000141. The topological polar surface area (TPSA) is 97.1 Å². The molecule has 0 bridgehead atoms. The highest BCUT2D eigenvalue weighted by molar-refractivity contribution is 6.15. The molecule has 0 N–H and O–H groups in total. The normalized spacial score (nSPS) is 11.6. The van der Waals surface area contributed by atoms with Crippen LogP contribution in [0, 0.1) is 0 Å². The lowest BCUT2D eigenvalue weighted by molar-refractivity contribution is 0.953. The van der Waals surface area contributed by atoms with Gasteiger partial charge in [0, 0.05) is 88.0 Å². The second-order valence-electron chi connectivity index (χ2n) is 26.6. The van der Waals surface area contributed by atoms with Gasteiger partial charge in [-0.3, -0.25) is 4.57 Å². The van der Waals surface area contributed by atoms with Crippen molar-refractivity contribution in [2.75, 3.05) is 0 Å². The van der Waals surface area contributed by atoms with Gasteiger partial charge in [-0.05, 0) is 131 Å². The molecule has 0 unspecified atom stereocenters. The average molecular weight is 1360 g/mol. The van der Waals surface area contributed by atoms with Crippen LogP contribution in [0.15, 0.2) is 376 Å². The monoisotopic (exact) mass is 1350 g/mol. The van der Waals surface area contributed by atoms with E-state index < -0.39 is 0 Å². The third-order valence-corrected chi connectivity index (χ3v) is 20.3. The summed E-state index contributed by atoms with van der Waals surface area (Å²) in [5.41, 5.74) is 21.9. The first kappa shape index (κ1) is 61.4. The predicted molar refractivity (Wildman–Crippen MR) is 435 cm³/mol. The summed E-state index contributed by atoms with van der Waals surface area (Å²) in [6.07, 6.45) is 0. The fourth-order valence-electron chi connectivity index (χ4n) is 15.4. The van der Waals surface area contributed by atoms with E-state index >= 15 is 0 Å². The van der Waals surface area contributed by atoms with Crippen molar-refractivity contribution in [1.82, 2.24) is 48.2 Å². The first-order chi connectivity index (χ1) is 52.6. The molecule has 0 spiro atoms. The molecule has 0 aliphatic carbocycles. The van der Waals surface area contributed by atoms with E-state index in [9.17, 15) is 0 Å². The first-order valence-corrected chi connectivity index (χ1v) is 35.7. The summed E-state index contributed by atoms with van der Waals surface area (Å²) in [5.74, 6) is 3.79. The summed E-state index contributed by atoms with van der Waals surface area (Å²) in [4.78, 5) is 30.0. The summed E-state index contributed by atoms with van der Waals surface area (Å²) in [5, 5.41) is 9.66. The van der Waals surface area contributed by atoms with E-state index in [2.05, 4.69) is 273 Å². The van der Waals surface area contributed by atoms with Gasteiger partial charge in [0.2, 0.25) is 5.95 Å². The van der Waals surface area contributed by atoms with Gasteiger partial charge >= 0.3 is 0 Å². The first-order valence-electron chi connectivity index (χ1n) is 35.7. The molecule has 0 saturated heterocycles. The Hall–Kier alpha value is -14.5. The zero-order valence-electron chi connectivity index (χ0n) is 57.3. The van der Waals surface area contributed by atoms with E-state index in [1.807, 2.05) is 121 Å². The molecule has 0 aliphatic heterocycles. The number of fused-ring (bicyclic) bond motifs is 12. The highest BCUT2D eigenvalue weighted by Crippen LogP contribution is 2.42. The summed E-state index contributed by atoms with van der Waals surface area (Å²) < 4.78 is 9.24. The highest BCUT2D eigenvalue weighted by Gasteiger charge is 2.22. The minimum absolute atomic E-state index is 0.590.